The monoisotopic (exact) mass is 377 g/mol. The van der Waals surface area contributed by atoms with Gasteiger partial charge in [-0.3, -0.25) is 14.8 Å². The van der Waals surface area contributed by atoms with Crippen molar-refractivity contribution in [2.45, 2.75) is 18.8 Å². The number of carbonyl (C=O) groups is 2. The summed E-state index contributed by atoms with van der Waals surface area (Å²) in [6.45, 7) is 1.48. The number of hydroxylamine groups is 1. The fourth-order valence-corrected chi connectivity index (χ4v) is 3.29. The van der Waals surface area contributed by atoms with Crippen LogP contribution in [0.2, 0.25) is 0 Å². The van der Waals surface area contributed by atoms with Gasteiger partial charge in [0.2, 0.25) is 5.91 Å². The molecule has 1 saturated heterocycles. The number of hydrogen-bond donors (Lipinski definition) is 2. The number of rotatable bonds is 5. The number of carbonyl (C=O) groups excluding carboxylic acids is 2. The molecule has 0 radical (unpaired) electrons. The maximum absolute atomic E-state index is 12.6. The van der Waals surface area contributed by atoms with Gasteiger partial charge in [0, 0.05) is 31.2 Å². The van der Waals surface area contributed by atoms with Gasteiger partial charge in [-0.25, -0.2) is 10.5 Å². The maximum atomic E-state index is 12.6. The predicted octanol–water partition coefficient (Wildman–Crippen LogP) is 3.02. The van der Waals surface area contributed by atoms with Crippen LogP contribution in [0.1, 0.15) is 35.7 Å². The lowest BCUT2D eigenvalue weighted by molar-refractivity contribution is -0.127. The first-order valence-corrected chi connectivity index (χ1v) is 9.27. The summed E-state index contributed by atoms with van der Waals surface area (Å²) in [5.74, 6) is -0.282. The standard InChI is InChI=1S/C22H23N3O3/c26-21(24-28)13-11-19-9-4-10-20(23-19)12-14-22(27)25-15-5-8-18(16-25)17-6-2-1-3-7-17/h1-4,6-7,9-14,18,28H,5,8,15-16H2,(H,24,26)/b13-11+,14-12+. The number of pyridine rings is 1. The van der Waals surface area contributed by atoms with Crippen molar-refractivity contribution in [1.29, 1.82) is 0 Å². The Hall–Kier alpha value is -3.25. The molecule has 2 aromatic rings. The third-order valence-electron chi connectivity index (χ3n) is 4.71. The summed E-state index contributed by atoms with van der Waals surface area (Å²) in [7, 11) is 0. The fourth-order valence-electron chi connectivity index (χ4n) is 3.29. The van der Waals surface area contributed by atoms with Crippen molar-refractivity contribution in [3.05, 3.63) is 77.6 Å². The van der Waals surface area contributed by atoms with E-state index in [1.54, 1.807) is 30.4 Å². The summed E-state index contributed by atoms with van der Waals surface area (Å²) in [4.78, 5) is 29.9. The molecule has 2 amide bonds. The van der Waals surface area contributed by atoms with Crippen LogP contribution in [0.15, 0.2) is 60.7 Å². The zero-order valence-corrected chi connectivity index (χ0v) is 15.5. The van der Waals surface area contributed by atoms with Crippen LogP contribution < -0.4 is 5.48 Å². The van der Waals surface area contributed by atoms with Gasteiger partial charge in [0.05, 0.1) is 11.4 Å². The van der Waals surface area contributed by atoms with E-state index < -0.39 is 5.91 Å². The zero-order chi connectivity index (χ0) is 19.8. The van der Waals surface area contributed by atoms with Gasteiger partial charge in [-0.1, -0.05) is 36.4 Å². The molecule has 6 nitrogen and oxygen atoms in total. The second-order valence-corrected chi connectivity index (χ2v) is 6.66. The van der Waals surface area contributed by atoms with Gasteiger partial charge in [-0.2, -0.15) is 0 Å². The Morgan fingerprint density at radius 2 is 1.75 bits per heavy atom. The molecular weight excluding hydrogens is 354 g/mol. The highest BCUT2D eigenvalue weighted by molar-refractivity contribution is 5.92. The Kier molecular flexibility index (Phi) is 6.70. The second-order valence-electron chi connectivity index (χ2n) is 6.66. The number of piperidine rings is 1. The zero-order valence-electron chi connectivity index (χ0n) is 15.5. The van der Waals surface area contributed by atoms with Gasteiger partial charge in [0.25, 0.3) is 5.91 Å². The van der Waals surface area contributed by atoms with Crippen molar-refractivity contribution in [3.63, 3.8) is 0 Å². The van der Waals surface area contributed by atoms with Crippen molar-refractivity contribution in [2.24, 2.45) is 0 Å². The molecule has 2 N–H and O–H groups in total. The van der Waals surface area contributed by atoms with Crippen molar-refractivity contribution in [3.8, 4) is 0 Å². The van der Waals surface area contributed by atoms with E-state index in [9.17, 15) is 9.59 Å². The van der Waals surface area contributed by atoms with Gasteiger partial charge in [-0.05, 0) is 42.7 Å². The van der Waals surface area contributed by atoms with E-state index in [2.05, 4.69) is 17.1 Å². The van der Waals surface area contributed by atoms with Gasteiger partial charge >= 0.3 is 0 Å². The topological polar surface area (TPSA) is 82.5 Å². The lowest BCUT2D eigenvalue weighted by atomic mass is 9.90. The molecule has 1 aromatic carbocycles. The number of aromatic nitrogens is 1. The van der Waals surface area contributed by atoms with E-state index in [0.29, 0.717) is 17.3 Å². The molecule has 1 aliphatic rings. The number of nitrogens with one attached hydrogen (secondary N) is 1. The number of amides is 2. The first kappa shape index (κ1) is 19.5. The van der Waals surface area contributed by atoms with Gasteiger partial charge in [-0.15, -0.1) is 0 Å². The largest absolute Gasteiger partial charge is 0.339 e. The second kappa shape index (κ2) is 9.62. The average Bonchev–Trinajstić information content (AvgIpc) is 2.76. The Morgan fingerprint density at radius 1 is 1.04 bits per heavy atom. The van der Waals surface area contributed by atoms with Crippen molar-refractivity contribution in [2.75, 3.05) is 13.1 Å². The summed E-state index contributed by atoms with van der Waals surface area (Å²) < 4.78 is 0. The maximum Gasteiger partial charge on any atom is 0.267 e. The predicted molar refractivity (Wildman–Crippen MR) is 107 cm³/mol. The van der Waals surface area contributed by atoms with Crippen LogP contribution in [-0.4, -0.2) is 40.0 Å². The number of likely N-dealkylation sites (tertiary alicyclic amines) is 1. The highest BCUT2D eigenvalue weighted by atomic mass is 16.5. The normalized spacial score (nSPS) is 17.2. The van der Waals surface area contributed by atoms with Crippen molar-refractivity contribution >= 4 is 24.0 Å². The Bertz CT molecular complexity index is 878. The van der Waals surface area contributed by atoms with Crippen molar-refractivity contribution < 1.29 is 14.8 Å². The summed E-state index contributed by atoms with van der Waals surface area (Å²) in [5, 5.41) is 8.50. The quantitative estimate of drug-likeness (QED) is 0.477. The Balaban J connectivity index is 1.63. The number of nitrogens with zero attached hydrogens (tertiary/aromatic N) is 2. The average molecular weight is 377 g/mol. The third-order valence-corrected chi connectivity index (χ3v) is 4.71. The molecule has 6 heteroatoms. The van der Waals surface area contributed by atoms with Gasteiger partial charge in [0.15, 0.2) is 0 Å². The van der Waals surface area contributed by atoms with Crippen LogP contribution in [0.25, 0.3) is 12.2 Å². The van der Waals surface area contributed by atoms with E-state index in [0.717, 1.165) is 25.9 Å². The van der Waals surface area contributed by atoms with Crippen LogP contribution >= 0.6 is 0 Å². The van der Waals surface area contributed by atoms with Gasteiger partial charge < -0.3 is 4.90 Å². The fraction of sp³-hybridized carbons (Fsp3) is 0.227. The molecular formula is C22H23N3O3. The van der Waals surface area contributed by atoms with E-state index in [4.69, 9.17) is 5.21 Å². The molecule has 1 aromatic heterocycles. The molecule has 0 saturated carbocycles. The third kappa shape index (κ3) is 5.37. The minimum Gasteiger partial charge on any atom is -0.339 e. The summed E-state index contributed by atoms with van der Waals surface area (Å²) >= 11 is 0. The molecule has 2 heterocycles. The first-order chi connectivity index (χ1) is 13.7. The summed E-state index contributed by atoms with van der Waals surface area (Å²) in [5.41, 5.74) is 3.98. The van der Waals surface area contributed by atoms with Crippen LogP contribution in [-0.2, 0) is 9.59 Å². The first-order valence-electron chi connectivity index (χ1n) is 9.27. The lowest BCUT2D eigenvalue weighted by Crippen LogP contribution is -2.38. The molecule has 1 atom stereocenters. The van der Waals surface area contributed by atoms with Gasteiger partial charge in [0.1, 0.15) is 0 Å². The van der Waals surface area contributed by atoms with E-state index >= 15 is 0 Å². The lowest BCUT2D eigenvalue weighted by Gasteiger charge is -2.32. The Labute approximate surface area is 164 Å². The minimum atomic E-state index is -0.629. The minimum absolute atomic E-state index is 0.0250. The van der Waals surface area contributed by atoms with E-state index in [-0.39, 0.29) is 5.91 Å². The Morgan fingerprint density at radius 3 is 2.46 bits per heavy atom. The van der Waals surface area contributed by atoms with Crippen LogP contribution in [0.3, 0.4) is 0 Å². The summed E-state index contributed by atoms with van der Waals surface area (Å²) in [6, 6.07) is 15.6. The van der Waals surface area contributed by atoms with Crippen LogP contribution in [0, 0.1) is 0 Å². The van der Waals surface area contributed by atoms with E-state index in [1.807, 2.05) is 23.1 Å². The smallest absolute Gasteiger partial charge is 0.267 e. The molecule has 1 unspecified atom stereocenters. The molecule has 144 valence electrons. The van der Waals surface area contributed by atoms with E-state index in [1.165, 1.54) is 23.2 Å². The summed E-state index contributed by atoms with van der Waals surface area (Å²) in [6.07, 6.45) is 7.97. The van der Waals surface area contributed by atoms with Crippen LogP contribution in [0.5, 0.6) is 0 Å². The van der Waals surface area contributed by atoms with Crippen molar-refractivity contribution in [1.82, 2.24) is 15.4 Å². The number of benzene rings is 1. The molecule has 28 heavy (non-hydrogen) atoms. The highest BCUT2D eigenvalue weighted by Crippen LogP contribution is 2.26. The molecule has 1 fully saturated rings. The number of hydrogen-bond acceptors (Lipinski definition) is 4. The molecule has 0 spiro atoms. The highest BCUT2D eigenvalue weighted by Gasteiger charge is 2.23. The molecule has 0 bridgehead atoms. The molecule has 3 rings (SSSR count). The van der Waals surface area contributed by atoms with Crippen LogP contribution in [0.4, 0.5) is 0 Å². The SMILES string of the molecule is O=C(/C=C/c1cccc(/C=C/C(=O)N2CCCC(c3ccccc3)C2)n1)NO. The molecule has 0 aliphatic carbocycles. The molecule has 1 aliphatic heterocycles.